The lowest BCUT2D eigenvalue weighted by molar-refractivity contribution is -0.136. The minimum absolute atomic E-state index is 0.00662. The number of fused-ring (bicyclic) bond motifs is 6. The number of aromatic nitrogens is 3. The first-order valence-electron chi connectivity index (χ1n) is 25.3. The second-order valence-electron chi connectivity index (χ2n) is 20.2. The molecule has 386 valence electrons. The number of amides is 6. The lowest BCUT2D eigenvalue weighted by Crippen LogP contribution is -2.54. The molecule has 0 spiro atoms. The van der Waals surface area contributed by atoms with Crippen LogP contribution in [0, 0.1) is 25.1 Å². The van der Waals surface area contributed by atoms with Gasteiger partial charge >= 0.3 is 12.1 Å². The molecule has 0 aliphatic carbocycles. The zero-order valence-electron chi connectivity index (χ0n) is 41.3. The minimum Gasteiger partial charge on any atom is -0.461 e. The number of nitrogens with zero attached hydrogens (tertiary/aromatic N) is 6. The number of imide groups is 2. The van der Waals surface area contributed by atoms with Crippen molar-refractivity contribution in [2.75, 3.05) is 62.8 Å². The summed E-state index contributed by atoms with van der Waals surface area (Å²) in [5.74, 6) is -0.0526. The van der Waals surface area contributed by atoms with E-state index in [9.17, 15) is 28.8 Å². The number of terminal acetylenes is 1. The largest absolute Gasteiger partial charge is 0.461 e. The fourth-order valence-corrected chi connectivity index (χ4v) is 11.9. The SMILES string of the molecule is C#Cc1c(F)ccc2cccc(-c3ncc4c(N5CC6CCC(C5)N6)nc(OC[C@@]56CC[C@@H](COC(=O)NCCOCCC(=O)Nc7ccc8c(c7)C(=O)N(C7CCC(=O)NC7=O)C8=O)N5CC(=C)C6)nc4c3C)c12. The molecule has 5 atom stereocenters. The summed E-state index contributed by atoms with van der Waals surface area (Å²) in [5, 5.41) is 13.5. The van der Waals surface area contributed by atoms with Crippen LogP contribution in [0.25, 0.3) is 32.9 Å². The van der Waals surface area contributed by atoms with Crippen LogP contribution in [-0.2, 0) is 23.9 Å². The van der Waals surface area contributed by atoms with E-state index in [0.29, 0.717) is 47.2 Å². The number of hydrogen-bond acceptors (Lipinski definition) is 15. The third-order valence-corrected chi connectivity index (χ3v) is 15.4. The van der Waals surface area contributed by atoms with E-state index in [4.69, 9.17) is 35.6 Å². The standard InChI is InChI=1S/C55H55FN10O9/c1-4-37-42(56)13-8-32-6-5-7-39(46(32)37)47-31(3)48-41(24-58-47)49(64-26-34-9-10-35(27-64)59-34)63-53(62-48)75-29-55-18-16-36(65(55)25-30(2)23-55)28-74-54(72)57-19-21-73-20-17-45(68)60-33-11-12-38-40(22-33)52(71)66(51(38)70)43-14-15-44(67)61-50(43)69/h1,5-8,11-13,22,24,34-36,43,59H,2,9-10,14-21,23,25-29H2,3H3,(H,57,72)(H,60,68)(H,61,67,69)/t34?,35?,36-,43?,55-/m0/s1. The number of carbonyl (C=O) groups excluding carboxylic acids is 6. The van der Waals surface area contributed by atoms with Crippen LogP contribution in [0.15, 0.2) is 66.9 Å². The molecule has 2 bridgehead atoms. The summed E-state index contributed by atoms with van der Waals surface area (Å²) in [6.45, 7) is 9.22. The molecule has 5 fully saturated rings. The molecule has 20 heteroatoms. The van der Waals surface area contributed by atoms with Crippen LogP contribution in [0.4, 0.5) is 20.7 Å². The van der Waals surface area contributed by atoms with Crippen LogP contribution < -0.4 is 30.9 Å². The van der Waals surface area contributed by atoms with Crippen molar-refractivity contribution in [3.63, 3.8) is 0 Å². The number of halogens is 1. The number of piperidine rings is 1. The number of piperazine rings is 1. The maximum atomic E-state index is 15.1. The highest BCUT2D eigenvalue weighted by Crippen LogP contribution is 2.45. The lowest BCUT2D eigenvalue weighted by atomic mass is 9.94. The topological polar surface area (TPSA) is 227 Å². The van der Waals surface area contributed by atoms with E-state index >= 15 is 4.39 Å². The quantitative estimate of drug-likeness (QED) is 0.0472. The summed E-state index contributed by atoms with van der Waals surface area (Å²) in [5.41, 5.74) is 4.07. The maximum absolute atomic E-state index is 15.1. The van der Waals surface area contributed by atoms with Gasteiger partial charge in [-0.2, -0.15) is 9.97 Å². The fourth-order valence-electron chi connectivity index (χ4n) is 11.9. The molecular formula is C55H55FN10O9. The zero-order valence-corrected chi connectivity index (χ0v) is 41.3. The molecule has 8 heterocycles. The van der Waals surface area contributed by atoms with Gasteiger partial charge < -0.3 is 35.1 Å². The molecule has 6 aliphatic heterocycles. The Morgan fingerprint density at radius 1 is 0.987 bits per heavy atom. The van der Waals surface area contributed by atoms with Crippen LogP contribution in [-0.4, -0.2) is 143 Å². The van der Waals surface area contributed by atoms with Crippen molar-refractivity contribution in [2.45, 2.75) is 88.0 Å². The van der Waals surface area contributed by atoms with Crippen molar-refractivity contribution in [3.8, 4) is 29.6 Å². The van der Waals surface area contributed by atoms with Gasteiger partial charge in [-0.1, -0.05) is 42.3 Å². The number of anilines is 2. The van der Waals surface area contributed by atoms with Crippen molar-refractivity contribution in [2.24, 2.45) is 0 Å². The highest BCUT2D eigenvalue weighted by Gasteiger charge is 2.52. The summed E-state index contributed by atoms with van der Waals surface area (Å²) < 4.78 is 33.1. The van der Waals surface area contributed by atoms with E-state index in [0.717, 1.165) is 71.4 Å². The molecule has 5 aromatic rings. The number of alkyl carbamates (subject to hydrolysis) is 1. The Balaban J connectivity index is 0.688. The molecule has 3 unspecified atom stereocenters. The van der Waals surface area contributed by atoms with E-state index in [-0.39, 0.29) is 86.7 Å². The van der Waals surface area contributed by atoms with Gasteiger partial charge in [-0.25, -0.2) is 9.18 Å². The highest BCUT2D eigenvalue weighted by atomic mass is 19.1. The monoisotopic (exact) mass is 1020 g/mol. The molecule has 0 saturated carbocycles. The van der Waals surface area contributed by atoms with Gasteiger partial charge in [-0.15, -0.1) is 6.42 Å². The van der Waals surface area contributed by atoms with Gasteiger partial charge in [0.05, 0.1) is 58.5 Å². The summed E-state index contributed by atoms with van der Waals surface area (Å²) >= 11 is 0. The van der Waals surface area contributed by atoms with Gasteiger partial charge in [0.25, 0.3) is 11.8 Å². The molecular weight excluding hydrogens is 964 g/mol. The van der Waals surface area contributed by atoms with Gasteiger partial charge in [0.2, 0.25) is 17.7 Å². The van der Waals surface area contributed by atoms with E-state index in [2.05, 4.69) is 43.6 Å². The number of rotatable bonds is 15. The van der Waals surface area contributed by atoms with Crippen LogP contribution in [0.5, 0.6) is 6.01 Å². The van der Waals surface area contributed by atoms with Crippen LogP contribution >= 0.6 is 0 Å². The predicted molar refractivity (Wildman–Crippen MR) is 273 cm³/mol. The van der Waals surface area contributed by atoms with Crippen LogP contribution in [0.1, 0.15) is 83.2 Å². The minimum atomic E-state index is -1.09. The van der Waals surface area contributed by atoms with Crippen molar-refractivity contribution in [1.29, 1.82) is 0 Å². The summed E-state index contributed by atoms with van der Waals surface area (Å²) in [6.07, 6.45) is 11.5. The van der Waals surface area contributed by atoms with Crippen molar-refractivity contribution < 1.29 is 47.4 Å². The second kappa shape index (κ2) is 20.1. The van der Waals surface area contributed by atoms with E-state index in [1.807, 2.05) is 31.3 Å². The Morgan fingerprint density at radius 2 is 1.80 bits per heavy atom. The first kappa shape index (κ1) is 49.4. The number of nitrogens with one attached hydrogen (secondary N) is 4. The molecule has 11 rings (SSSR count). The summed E-state index contributed by atoms with van der Waals surface area (Å²) in [7, 11) is 0. The average molecular weight is 1020 g/mol. The Bertz CT molecular complexity index is 3280. The Hall–Kier alpha value is -7.86. The van der Waals surface area contributed by atoms with E-state index in [1.165, 1.54) is 24.3 Å². The molecule has 6 amide bonds. The second-order valence-corrected chi connectivity index (χ2v) is 20.2. The predicted octanol–water partition coefficient (Wildman–Crippen LogP) is 4.93. The molecule has 0 radical (unpaired) electrons. The Kier molecular flexibility index (Phi) is 13.2. The molecule has 19 nitrogen and oxygen atoms in total. The molecule has 3 aromatic carbocycles. The average Bonchev–Trinajstić information content (AvgIpc) is 4.10. The summed E-state index contributed by atoms with van der Waals surface area (Å²) in [6, 6.07) is 12.9. The molecule has 75 heavy (non-hydrogen) atoms. The van der Waals surface area contributed by atoms with Gasteiger partial charge in [0.15, 0.2) is 0 Å². The van der Waals surface area contributed by atoms with Crippen molar-refractivity contribution in [1.82, 2.24) is 40.7 Å². The van der Waals surface area contributed by atoms with Gasteiger partial charge in [0, 0.05) is 79.1 Å². The number of hydrogen-bond donors (Lipinski definition) is 4. The highest BCUT2D eigenvalue weighted by molar-refractivity contribution is 6.24. The molecule has 5 saturated heterocycles. The zero-order chi connectivity index (χ0) is 52.1. The van der Waals surface area contributed by atoms with Crippen LogP contribution in [0.3, 0.4) is 0 Å². The molecule has 6 aliphatic rings. The number of ether oxygens (including phenoxy) is 3. The number of benzene rings is 3. The maximum Gasteiger partial charge on any atom is 0.407 e. The summed E-state index contributed by atoms with van der Waals surface area (Å²) in [4.78, 5) is 96.4. The number of aryl methyl sites for hydroxylation is 1. The molecule has 4 N–H and O–H groups in total. The van der Waals surface area contributed by atoms with E-state index in [1.54, 1.807) is 6.07 Å². The Morgan fingerprint density at radius 3 is 2.60 bits per heavy atom. The lowest BCUT2D eigenvalue weighted by Gasteiger charge is -2.35. The smallest absolute Gasteiger partial charge is 0.407 e. The van der Waals surface area contributed by atoms with Crippen LogP contribution in [0.2, 0.25) is 0 Å². The first-order chi connectivity index (χ1) is 36.3. The van der Waals surface area contributed by atoms with Crippen molar-refractivity contribution >= 4 is 68.8 Å². The van der Waals surface area contributed by atoms with Crippen molar-refractivity contribution in [3.05, 3.63) is 95.0 Å². The Labute approximate surface area is 430 Å². The van der Waals surface area contributed by atoms with Gasteiger partial charge in [-0.3, -0.25) is 44.1 Å². The first-order valence-corrected chi connectivity index (χ1v) is 25.3. The third kappa shape index (κ3) is 9.40. The van der Waals surface area contributed by atoms with Gasteiger partial charge in [0.1, 0.15) is 30.9 Å². The van der Waals surface area contributed by atoms with E-state index < -0.39 is 53.0 Å². The normalized spacial score (nSPS) is 23.1. The fraction of sp³-hybridized carbons (Fsp3) is 0.400. The molecule has 2 aromatic heterocycles. The number of carbonyl (C=O) groups is 6. The number of pyridine rings is 1. The van der Waals surface area contributed by atoms with Gasteiger partial charge in [-0.05, 0) is 75.1 Å². The third-order valence-electron chi connectivity index (χ3n) is 15.4.